The van der Waals surface area contributed by atoms with Gasteiger partial charge >= 0.3 is 6.18 Å². The minimum absolute atomic E-state index is 0.0285. The van der Waals surface area contributed by atoms with Gasteiger partial charge in [-0.3, -0.25) is 0 Å². The fourth-order valence-corrected chi connectivity index (χ4v) is 1.97. The molecule has 0 saturated carbocycles. The van der Waals surface area contributed by atoms with Gasteiger partial charge < -0.3 is 5.32 Å². The Labute approximate surface area is 110 Å². The highest BCUT2D eigenvalue weighted by Crippen LogP contribution is 2.29. The van der Waals surface area contributed by atoms with Gasteiger partial charge in [0.2, 0.25) is 0 Å². The smallest absolute Gasteiger partial charge is 0.311 e. The number of hydrogen-bond acceptors (Lipinski definition) is 1. The molecule has 0 aliphatic carbocycles. The monoisotopic (exact) mass is 279 g/mol. The van der Waals surface area contributed by atoms with Crippen molar-refractivity contribution in [1.29, 1.82) is 0 Å². The summed E-state index contributed by atoms with van der Waals surface area (Å²) < 4.78 is 37.4. The Hall–Kier alpha value is -0.740. The first kappa shape index (κ1) is 15.3. The molecule has 0 amide bonds. The fourth-order valence-electron chi connectivity index (χ4n) is 1.65. The zero-order valence-corrected chi connectivity index (χ0v) is 11.0. The normalized spacial score (nSPS) is 13.6. The molecule has 1 N–H and O–H groups in total. The third kappa shape index (κ3) is 5.27. The van der Waals surface area contributed by atoms with Crippen LogP contribution in [0.5, 0.6) is 0 Å². The summed E-state index contributed by atoms with van der Waals surface area (Å²) in [5.74, 6) is 0. The van der Waals surface area contributed by atoms with Crippen molar-refractivity contribution in [2.45, 2.75) is 37.9 Å². The summed E-state index contributed by atoms with van der Waals surface area (Å²) in [6, 6.07) is 5.33. The van der Waals surface area contributed by atoms with E-state index in [1.165, 1.54) is 6.07 Å². The molecule has 0 fully saturated rings. The Morgan fingerprint density at radius 3 is 2.67 bits per heavy atom. The lowest BCUT2D eigenvalue weighted by Gasteiger charge is -2.11. The number of halogens is 4. The van der Waals surface area contributed by atoms with Crippen LogP contribution in [0.4, 0.5) is 13.2 Å². The van der Waals surface area contributed by atoms with Crippen molar-refractivity contribution in [2.75, 3.05) is 6.54 Å². The Balaban J connectivity index is 2.48. The molecule has 0 aromatic heterocycles. The summed E-state index contributed by atoms with van der Waals surface area (Å²) in [6.07, 6.45) is -2.39. The van der Waals surface area contributed by atoms with Crippen molar-refractivity contribution in [3.63, 3.8) is 0 Å². The third-order valence-electron chi connectivity index (χ3n) is 2.55. The zero-order chi connectivity index (χ0) is 13.6. The minimum Gasteiger partial charge on any atom is -0.311 e. The highest BCUT2D eigenvalue weighted by molar-refractivity contribution is 6.20. The number of hydrogen-bond donors (Lipinski definition) is 1. The van der Waals surface area contributed by atoms with E-state index >= 15 is 0 Å². The first-order chi connectivity index (χ1) is 8.43. The molecule has 1 nitrogen and oxygen atoms in total. The molecule has 0 bridgehead atoms. The lowest BCUT2D eigenvalue weighted by atomic mass is 10.1. The number of rotatable bonds is 6. The maximum absolute atomic E-state index is 12.5. The molecule has 0 heterocycles. The van der Waals surface area contributed by atoms with Gasteiger partial charge in [0.05, 0.1) is 5.56 Å². The van der Waals surface area contributed by atoms with Gasteiger partial charge in [0.1, 0.15) is 0 Å². The van der Waals surface area contributed by atoms with Gasteiger partial charge in [-0.2, -0.15) is 13.2 Å². The third-order valence-corrected chi connectivity index (χ3v) is 2.92. The lowest BCUT2D eigenvalue weighted by Crippen LogP contribution is -2.22. The van der Waals surface area contributed by atoms with E-state index in [9.17, 15) is 13.2 Å². The van der Waals surface area contributed by atoms with Crippen molar-refractivity contribution < 1.29 is 13.2 Å². The van der Waals surface area contributed by atoms with E-state index in [1.54, 1.807) is 6.07 Å². The first-order valence-electron chi connectivity index (χ1n) is 5.94. The van der Waals surface area contributed by atoms with Crippen LogP contribution >= 0.6 is 11.6 Å². The SMILES string of the molecule is CCCC(Cl)CNCc1cccc(C(F)(F)F)c1. The number of alkyl halides is 4. The van der Waals surface area contributed by atoms with E-state index in [0.29, 0.717) is 18.7 Å². The van der Waals surface area contributed by atoms with Crippen LogP contribution in [-0.4, -0.2) is 11.9 Å². The van der Waals surface area contributed by atoms with Crippen molar-refractivity contribution in [2.24, 2.45) is 0 Å². The molecule has 0 aliphatic rings. The molecular weight excluding hydrogens is 263 g/mol. The average Bonchev–Trinajstić information content (AvgIpc) is 2.29. The van der Waals surface area contributed by atoms with Gasteiger partial charge in [0, 0.05) is 18.5 Å². The molecule has 5 heteroatoms. The summed E-state index contributed by atoms with van der Waals surface area (Å²) >= 11 is 6.01. The van der Waals surface area contributed by atoms with Crippen LogP contribution in [-0.2, 0) is 12.7 Å². The van der Waals surface area contributed by atoms with Crippen LogP contribution in [0, 0.1) is 0 Å². The molecule has 0 saturated heterocycles. The minimum atomic E-state index is -4.28. The second-order valence-corrected chi connectivity index (χ2v) is 4.83. The van der Waals surface area contributed by atoms with Gasteiger partial charge in [-0.05, 0) is 18.1 Å². The van der Waals surface area contributed by atoms with Crippen LogP contribution in [0.25, 0.3) is 0 Å². The topological polar surface area (TPSA) is 12.0 Å². The van der Waals surface area contributed by atoms with Crippen molar-refractivity contribution in [1.82, 2.24) is 5.32 Å². The van der Waals surface area contributed by atoms with Crippen LogP contribution in [0.1, 0.15) is 30.9 Å². The summed E-state index contributed by atoms with van der Waals surface area (Å²) in [4.78, 5) is 0. The maximum Gasteiger partial charge on any atom is 0.416 e. The van der Waals surface area contributed by atoms with Crippen molar-refractivity contribution in [3.05, 3.63) is 35.4 Å². The molecule has 1 aromatic carbocycles. The number of benzene rings is 1. The highest BCUT2D eigenvalue weighted by Gasteiger charge is 2.30. The summed E-state index contributed by atoms with van der Waals surface area (Å²) in [5.41, 5.74) is 0.00275. The maximum atomic E-state index is 12.5. The largest absolute Gasteiger partial charge is 0.416 e. The van der Waals surface area contributed by atoms with Gasteiger partial charge in [-0.15, -0.1) is 11.6 Å². The van der Waals surface area contributed by atoms with Gasteiger partial charge in [-0.25, -0.2) is 0 Å². The zero-order valence-electron chi connectivity index (χ0n) is 10.2. The molecule has 1 aromatic rings. The second-order valence-electron chi connectivity index (χ2n) is 4.21. The van der Waals surface area contributed by atoms with Crippen molar-refractivity contribution in [3.8, 4) is 0 Å². The Kier molecular flexibility index (Phi) is 5.96. The molecule has 1 atom stereocenters. The van der Waals surface area contributed by atoms with Gasteiger partial charge in [0.15, 0.2) is 0 Å². The standard InChI is InChI=1S/C13H17ClF3N/c1-2-4-12(14)9-18-8-10-5-3-6-11(7-10)13(15,16)17/h3,5-7,12,18H,2,4,8-9H2,1H3. The Morgan fingerprint density at radius 1 is 1.33 bits per heavy atom. The van der Waals surface area contributed by atoms with E-state index in [-0.39, 0.29) is 5.38 Å². The molecule has 1 unspecified atom stereocenters. The summed E-state index contributed by atoms with van der Waals surface area (Å²) in [6.45, 7) is 3.05. The van der Waals surface area contributed by atoms with E-state index in [2.05, 4.69) is 5.32 Å². The van der Waals surface area contributed by atoms with Crippen LogP contribution in [0.3, 0.4) is 0 Å². The number of nitrogens with one attached hydrogen (secondary N) is 1. The summed E-state index contributed by atoms with van der Waals surface area (Å²) in [7, 11) is 0. The van der Waals surface area contributed by atoms with E-state index in [1.807, 2.05) is 6.92 Å². The molecule has 18 heavy (non-hydrogen) atoms. The Bertz CT molecular complexity index is 365. The van der Waals surface area contributed by atoms with E-state index in [4.69, 9.17) is 11.6 Å². The predicted octanol–water partition coefficient (Wildman–Crippen LogP) is 4.20. The second kappa shape index (κ2) is 7.00. The molecule has 0 radical (unpaired) electrons. The predicted molar refractivity (Wildman–Crippen MR) is 67.7 cm³/mol. The van der Waals surface area contributed by atoms with Crippen LogP contribution in [0.15, 0.2) is 24.3 Å². The van der Waals surface area contributed by atoms with Crippen LogP contribution in [0.2, 0.25) is 0 Å². The molecule has 0 aliphatic heterocycles. The molecule has 102 valence electrons. The van der Waals surface area contributed by atoms with Gasteiger partial charge in [-0.1, -0.05) is 31.5 Å². The van der Waals surface area contributed by atoms with E-state index < -0.39 is 11.7 Å². The summed E-state index contributed by atoms with van der Waals surface area (Å²) in [5, 5.41) is 3.09. The average molecular weight is 280 g/mol. The quantitative estimate of drug-likeness (QED) is 0.770. The van der Waals surface area contributed by atoms with E-state index in [0.717, 1.165) is 25.0 Å². The molecule has 1 rings (SSSR count). The van der Waals surface area contributed by atoms with Crippen LogP contribution < -0.4 is 5.32 Å². The molecule has 0 spiro atoms. The molecular formula is C13H17ClF3N. The van der Waals surface area contributed by atoms with Crippen molar-refractivity contribution >= 4 is 11.6 Å². The first-order valence-corrected chi connectivity index (χ1v) is 6.38. The van der Waals surface area contributed by atoms with Gasteiger partial charge in [0.25, 0.3) is 0 Å². The fraction of sp³-hybridized carbons (Fsp3) is 0.538. The Morgan fingerprint density at radius 2 is 2.06 bits per heavy atom. The highest BCUT2D eigenvalue weighted by atomic mass is 35.5. The lowest BCUT2D eigenvalue weighted by molar-refractivity contribution is -0.137.